The lowest BCUT2D eigenvalue weighted by Crippen LogP contribution is -2.46. The molecule has 2 aliphatic rings. The Labute approximate surface area is 162 Å². The zero-order valence-corrected chi connectivity index (χ0v) is 17.4. The fourth-order valence-electron chi connectivity index (χ4n) is 4.28. The number of guanidine groups is 1. The van der Waals surface area contributed by atoms with Gasteiger partial charge in [0, 0.05) is 46.3 Å². The second kappa shape index (κ2) is 13.4. The average Bonchev–Trinajstić information content (AvgIpc) is 3.20. The molecule has 5 heteroatoms. The van der Waals surface area contributed by atoms with Gasteiger partial charge in [0.1, 0.15) is 0 Å². The zero-order chi connectivity index (χ0) is 18.5. The van der Waals surface area contributed by atoms with Crippen molar-refractivity contribution < 1.29 is 0 Å². The molecule has 0 unspecified atom stereocenters. The van der Waals surface area contributed by atoms with Crippen molar-refractivity contribution in [1.82, 2.24) is 20.4 Å². The van der Waals surface area contributed by atoms with E-state index in [4.69, 9.17) is 0 Å². The van der Waals surface area contributed by atoms with E-state index in [9.17, 15) is 0 Å². The second-order valence-corrected chi connectivity index (χ2v) is 8.06. The maximum absolute atomic E-state index is 4.35. The predicted molar refractivity (Wildman–Crippen MR) is 113 cm³/mol. The van der Waals surface area contributed by atoms with Crippen LogP contribution in [-0.4, -0.2) is 75.2 Å². The summed E-state index contributed by atoms with van der Waals surface area (Å²) in [6, 6.07) is 0. The van der Waals surface area contributed by atoms with Crippen LogP contribution in [0, 0.1) is 5.92 Å². The molecule has 0 bridgehead atoms. The van der Waals surface area contributed by atoms with E-state index in [1.807, 2.05) is 7.05 Å². The number of unbranched alkanes of at least 4 members (excludes halogenated alkanes) is 2. The number of likely N-dealkylation sites (N-methyl/N-ethyl adjacent to an activating group) is 1. The minimum atomic E-state index is 0.974. The number of nitrogens with zero attached hydrogens (tertiary/aromatic N) is 3. The van der Waals surface area contributed by atoms with E-state index in [1.165, 1.54) is 97.1 Å². The molecule has 0 aromatic heterocycles. The van der Waals surface area contributed by atoms with Gasteiger partial charge in [0.05, 0.1) is 0 Å². The molecule has 2 fully saturated rings. The molecule has 5 nitrogen and oxygen atoms in total. The van der Waals surface area contributed by atoms with Crippen LogP contribution in [-0.2, 0) is 0 Å². The number of nitrogens with one attached hydrogen (secondary N) is 2. The van der Waals surface area contributed by atoms with Gasteiger partial charge in [-0.05, 0) is 38.3 Å². The highest BCUT2D eigenvalue weighted by Crippen LogP contribution is 2.28. The Morgan fingerprint density at radius 2 is 1.50 bits per heavy atom. The van der Waals surface area contributed by atoms with Crippen LogP contribution in [0.2, 0.25) is 0 Å². The summed E-state index contributed by atoms with van der Waals surface area (Å²) in [5, 5.41) is 6.94. The minimum Gasteiger partial charge on any atom is -0.356 e. The Balaban J connectivity index is 1.41. The van der Waals surface area contributed by atoms with Gasteiger partial charge in [-0.2, -0.15) is 0 Å². The first kappa shape index (κ1) is 21.5. The van der Waals surface area contributed by atoms with Crippen molar-refractivity contribution in [1.29, 1.82) is 0 Å². The molecule has 0 atom stereocenters. The maximum Gasteiger partial charge on any atom is 0.190 e. The van der Waals surface area contributed by atoms with Gasteiger partial charge in [-0.15, -0.1) is 0 Å². The first-order chi connectivity index (χ1) is 12.8. The quantitative estimate of drug-likeness (QED) is 0.336. The van der Waals surface area contributed by atoms with E-state index in [0.29, 0.717) is 0 Å². The zero-order valence-electron chi connectivity index (χ0n) is 17.4. The summed E-state index contributed by atoms with van der Waals surface area (Å²) in [4.78, 5) is 9.50. The molecular weight excluding hydrogens is 322 g/mol. The van der Waals surface area contributed by atoms with Crippen LogP contribution in [0.25, 0.3) is 0 Å². The molecular formula is C21H43N5. The lowest BCUT2D eigenvalue weighted by atomic mass is 10.0. The molecule has 1 saturated carbocycles. The first-order valence-corrected chi connectivity index (χ1v) is 11.2. The number of piperazine rings is 1. The third kappa shape index (κ3) is 8.72. The monoisotopic (exact) mass is 365 g/mol. The Hall–Kier alpha value is -0.810. The lowest BCUT2D eigenvalue weighted by molar-refractivity contribution is 0.136. The first-order valence-electron chi connectivity index (χ1n) is 11.2. The van der Waals surface area contributed by atoms with Crippen molar-refractivity contribution in [3.05, 3.63) is 0 Å². The van der Waals surface area contributed by atoms with Gasteiger partial charge < -0.3 is 20.4 Å². The Morgan fingerprint density at radius 1 is 0.885 bits per heavy atom. The largest absolute Gasteiger partial charge is 0.356 e. The van der Waals surface area contributed by atoms with Crippen LogP contribution in [0.3, 0.4) is 0 Å². The van der Waals surface area contributed by atoms with E-state index in [-0.39, 0.29) is 0 Å². The topological polar surface area (TPSA) is 42.9 Å². The van der Waals surface area contributed by atoms with Gasteiger partial charge >= 0.3 is 0 Å². The van der Waals surface area contributed by atoms with E-state index in [0.717, 1.165) is 25.0 Å². The summed E-state index contributed by atoms with van der Waals surface area (Å²) >= 11 is 0. The molecule has 1 saturated heterocycles. The van der Waals surface area contributed by atoms with E-state index >= 15 is 0 Å². The lowest BCUT2D eigenvalue weighted by Gasteiger charge is -2.34. The van der Waals surface area contributed by atoms with Gasteiger partial charge in [-0.25, -0.2) is 0 Å². The van der Waals surface area contributed by atoms with Crippen LogP contribution >= 0.6 is 0 Å². The number of rotatable bonds is 11. The molecule has 26 heavy (non-hydrogen) atoms. The third-order valence-electron chi connectivity index (χ3n) is 6.14. The maximum atomic E-state index is 4.35. The molecule has 0 spiro atoms. The van der Waals surface area contributed by atoms with Crippen LogP contribution in [0.15, 0.2) is 4.99 Å². The average molecular weight is 366 g/mol. The second-order valence-electron chi connectivity index (χ2n) is 8.06. The summed E-state index contributed by atoms with van der Waals surface area (Å²) < 4.78 is 0. The summed E-state index contributed by atoms with van der Waals surface area (Å²) in [5.41, 5.74) is 0. The fourth-order valence-corrected chi connectivity index (χ4v) is 4.28. The molecule has 0 aromatic rings. The molecule has 0 radical (unpaired) electrons. The Kier molecular flexibility index (Phi) is 11.1. The molecule has 0 aromatic carbocycles. The van der Waals surface area contributed by atoms with E-state index in [1.54, 1.807) is 0 Å². The summed E-state index contributed by atoms with van der Waals surface area (Å²) in [6.45, 7) is 11.7. The predicted octanol–water partition coefficient (Wildman–Crippen LogP) is 2.93. The van der Waals surface area contributed by atoms with Gasteiger partial charge in [-0.3, -0.25) is 4.99 Å². The molecule has 1 aliphatic carbocycles. The summed E-state index contributed by atoms with van der Waals surface area (Å²) in [7, 11) is 1.88. The van der Waals surface area contributed by atoms with Crippen molar-refractivity contribution in [3.8, 4) is 0 Å². The molecule has 0 amide bonds. The van der Waals surface area contributed by atoms with Crippen molar-refractivity contribution in [3.63, 3.8) is 0 Å². The minimum absolute atomic E-state index is 0.974. The van der Waals surface area contributed by atoms with Crippen LogP contribution in [0.5, 0.6) is 0 Å². The number of hydrogen-bond acceptors (Lipinski definition) is 3. The third-order valence-corrected chi connectivity index (χ3v) is 6.14. The highest BCUT2D eigenvalue weighted by molar-refractivity contribution is 5.79. The van der Waals surface area contributed by atoms with Crippen molar-refractivity contribution in [2.45, 2.75) is 64.7 Å². The van der Waals surface area contributed by atoms with Crippen molar-refractivity contribution in [2.24, 2.45) is 10.9 Å². The molecule has 152 valence electrons. The van der Waals surface area contributed by atoms with Gasteiger partial charge in [0.2, 0.25) is 0 Å². The van der Waals surface area contributed by atoms with Crippen molar-refractivity contribution in [2.75, 3.05) is 59.4 Å². The van der Waals surface area contributed by atoms with E-state index in [2.05, 4.69) is 32.3 Å². The highest BCUT2D eigenvalue weighted by Gasteiger charge is 2.15. The molecule has 1 aliphatic heterocycles. The standard InChI is InChI=1S/C21H43N5/c1-3-25-16-18-26(19-17-25)15-9-8-14-24-21(22-2)23-13-7-6-12-20-10-4-5-11-20/h20H,3-19H2,1-2H3,(H2,22,23,24). The smallest absolute Gasteiger partial charge is 0.190 e. The molecule has 2 N–H and O–H groups in total. The van der Waals surface area contributed by atoms with E-state index < -0.39 is 0 Å². The SMILES string of the molecule is CCN1CCN(CCCCNC(=NC)NCCCCC2CCCC2)CC1. The number of hydrogen-bond donors (Lipinski definition) is 2. The highest BCUT2D eigenvalue weighted by atomic mass is 15.3. The summed E-state index contributed by atoms with van der Waals surface area (Å²) in [5.74, 6) is 2.00. The number of aliphatic imine (C=N–C) groups is 1. The van der Waals surface area contributed by atoms with Crippen LogP contribution < -0.4 is 10.6 Å². The van der Waals surface area contributed by atoms with Gasteiger partial charge in [0.25, 0.3) is 0 Å². The normalized spacial score (nSPS) is 20.6. The Bertz CT molecular complexity index is 371. The molecule has 1 heterocycles. The van der Waals surface area contributed by atoms with Gasteiger partial charge in [-0.1, -0.05) is 45.4 Å². The van der Waals surface area contributed by atoms with Crippen LogP contribution in [0.4, 0.5) is 0 Å². The fraction of sp³-hybridized carbons (Fsp3) is 0.952. The van der Waals surface area contributed by atoms with Crippen LogP contribution in [0.1, 0.15) is 64.7 Å². The van der Waals surface area contributed by atoms with Crippen molar-refractivity contribution >= 4 is 5.96 Å². The molecule has 2 rings (SSSR count). The van der Waals surface area contributed by atoms with Gasteiger partial charge in [0.15, 0.2) is 5.96 Å². The Morgan fingerprint density at radius 3 is 2.12 bits per heavy atom. The summed E-state index contributed by atoms with van der Waals surface area (Å²) in [6.07, 6.45) is 12.4.